The number of piperazine rings is 1. The Morgan fingerprint density at radius 1 is 1.16 bits per heavy atom. The van der Waals surface area contributed by atoms with Crippen LogP contribution in [0.4, 0.5) is 5.82 Å². The Hall–Kier alpha value is -2.47. The number of aryl methyl sites for hydroxylation is 1. The Balaban J connectivity index is 1.46. The summed E-state index contributed by atoms with van der Waals surface area (Å²) in [6, 6.07) is 9.61. The Morgan fingerprint density at radius 2 is 1.91 bits per heavy atom. The van der Waals surface area contributed by atoms with Crippen molar-refractivity contribution < 1.29 is 4.79 Å². The van der Waals surface area contributed by atoms with Crippen LogP contribution in [-0.2, 0) is 12.8 Å². The number of anilines is 1. The van der Waals surface area contributed by atoms with Gasteiger partial charge in [-0.1, -0.05) is 39.0 Å². The molecule has 2 aromatic heterocycles. The molecule has 32 heavy (non-hydrogen) atoms. The van der Waals surface area contributed by atoms with Crippen molar-refractivity contribution in [3.63, 3.8) is 0 Å². The van der Waals surface area contributed by atoms with Crippen molar-refractivity contribution in [2.24, 2.45) is 5.92 Å². The molecule has 2 aliphatic rings. The summed E-state index contributed by atoms with van der Waals surface area (Å²) < 4.78 is 0. The highest BCUT2D eigenvalue weighted by Crippen LogP contribution is 2.41. The molecule has 1 saturated heterocycles. The summed E-state index contributed by atoms with van der Waals surface area (Å²) in [6.45, 7) is 9.84. The van der Waals surface area contributed by atoms with Crippen LogP contribution in [0.1, 0.15) is 66.2 Å². The number of rotatable bonds is 4. The van der Waals surface area contributed by atoms with Gasteiger partial charge in [0.25, 0.3) is 5.91 Å². The predicted molar refractivity (Wildman–Crippen MR) is 132 cm³/mol. The van der Waals surface area contributed by atoms with Gasteiger partial charge < -0.3 is 9.80 Å². The highest BCUT2D eigenvalue weighted by molar-refractivity contribution is 7.19. The Morgan fingerprint density at radius 3 is 2.62 bits per heavy atom. The van der Waals surface area contributed by atoms with Gasteiger partial charge in [0.15, 0.2) is 0 Å². The van der Waals surface area contributed by atoms with Gasteiger partial charge in [-0.15, -0.1) is 11.3 Å². The van der Waals surface area contributed by atoms with Gasteiger partial charge >= 0.3 is 0 Å². The molecule has 3 aromatic rings. The standard InChI is InChI=1S/C26H32N4OS/c1-4-18(3)23-27-24(22-20-11-10-17(2)16-21(20)32-25(22)28-23)29-12-14-30(15-13-29)26(31)19-8-6-5-7-9-19/h5-9,17-18H,4,10-16H2,1-3H3/t17-,18-/m0/s1. The van der Waals surface area contributed by atoms with Crippen LogP contribution in [-0.4, -0.2) is 47.0 Å². The summed E-state index contributed by atoms with van der Waals surface area (Å²) in [6.07, 6.45) is 4.56. The van der Waals surface area contributed by atoms with Crippen molar-refractivity contribution >= 4 is 33.3 Å². The van der Waals surface area contributed by atoms with E-state index in [1.165, 1.54) is 22.2 Å². The highest BCUT2D eigenvalue weighted by atomic mass is 32.1. The van der Waals surface area contributed by atoms with Crippen molar-refractivity contribution in [1.82, 2.24) is 14.9 Å². The molecule has 1 aromatic carbocycles. The summed E-state index contributed by atoms with van der Waals surface area (Å²) in [7, 11) is 0. The average molecular weight is 449 g/mol. The fourth-order valence-electron chi connectivity index (χ4n) is 4.86. The monoisotopic (exact) mass is 448 g/mol. The van der Waals surface area contributed by atoms with Gasteiger partial charge in [0.2, 0.25) is 0 Å². The van der Waals surface area contributed by atoms with Crippen LogP contribution >= 0.6 is 11.3 Å². The summed E-state index contributed by atoms with van der Waals surface area (Å²) in [4.78, 5) is 30.1. The lowest BCUT2D eigenvalue weighted by Gasteiger charge is -2.36. The molecular formula is C26H32N4OS. The van der Waals surface area contributed by atoms with E-state index in [1.807, 2.05) is 46.6 Å². The van der Waals surface area contributed by atoms with Gasteiger partial charge in [-0.25, -0.2) is 9.97 Å². The fourth-order valence-corrected chi connectivity index (χ4v) is 6.24. The molecule has 0 unspecified atom stereocenters. The zero-order valence-corrected chi connectivity index (χ0v) is 20.1. The molecule has 0 N–H and O–H groups in total. The van der Waals surface area contributed by atoms with E-state index in [9.17, 15) is 4.79 Å². The normalized spacial score (nSPS) is 19.8. The second kappa shape index (κ2) is 8.81. The number of benzene rings is 1. The lowest BCUT2D eigenvalue weighted by atomic mass is 9.89. The van der Waals surface area contributed by atoms with Crippen LogP contribution in [0.2, 0.25) is 0 Å². The quantitative estimate of drug-likeness (QED) is 0.544. The summed E-state index contributed by atoms with van der Waals surface area (Å²) >= 11 is 1.88. The van der Waals surface area contributed by atoms with Gasteiger partial charge in [0.1, 0.15) is 16.5 Å². The van der Waals surface area contributed by atoms with Crippen LogP contribution in [0.25, 0.3) is 10.2 Å². The topological polar surface area (TPSA) is 49.3 Å². The number of hydrogen-bond donors (Lipinski definition) is 0. The van der Waals surface area contributed by atoms with E-state index in [1.54, 1.807) is 0 Å². The Labute approximate surface area is 194 Å². The second-order valence-corrected chi connectivity index (χ2v) is 10.5. The first kappa shape index (κ1) is 21.4. The van der Waals surface area contributed by atoms with E-state index in [2.05, 4.69) is 25.7 Å². The average Bonchev–Trinajstić information content (AvgIpc) is 3.20. The second-order valence-electron chi connectivity index (χ2n) is 9.39. The summed E-state index contributed by atoms with van der Waals surface area (Å²) in [5, 5.41) is 1.28. The van der Waals surface area contributed by atoms with Crippen molar-refractivity contribution in [2.45, 2.75) is 52.4 Å². The molecule has 1 aliphatic heterocycles. The third kappa shape index (κ3) is 3.90. The lowest BCUT2D eigenvalue weighted by Crippen LogP contribution is -2.49. The Bertz CT molecular complexity index is 1120. The number of amides is 1. The van der Waals surface area contributed by atoms with E-state index in [-0.39, 0.29) is 5.91 Å². The molecule has 5 rings (SSSR count). The molecule has 0 radical (unpaired) electrons. The van der Waals surface area contributed by atoms with Crippen LogP contribution < -0.4 is 4.90 Å². The number of fused-ring (bicyclic) bond motifs is 3. The van der Waals surface area contributed by atoms with Gasteiger partial charge in [-0.2, -0.15) is 0 Å². The number of nitrogens with zero attached hydrogens (tertiary/aromatic N) is 4. The van der Waals surface area contributed by atoms with Gasteiger partial charge in [0, 0.05) is 42.5 Å². The smallest absolute Gasteiger partial charge is 0.253 e. The minimum atomic E-state index is 0.125. The fraction of sp³-hybridized carbons (Fsp3) is 0.500. The highest BCUT2D eigenvalue weighted by Gasteiger charge is 2.29. The predicted octanol–water partition coefficient (Wildman–Crippen LogP) is 5.29. The number of carbonyl (C=O) groups excluding carboxylic acids is 1. The van der Waals surface area contributed by atoms with Gasteiger partial charge in [-0.3, -0.25) is 4.79 Å². The van der Waals surface area contributed by atoms with E-state index in [0.29, 0.717) is 5.92 Å². The molecule has 1 amide bonds. The lowest BCUT2D eigenvalue weighted by molar-refractivity contribution is 0.0746. The molecule has 0 saturated carbocycles. The van der Waals surface area contributed by atoms with Crippen molar-refractivity contribution in [3.05, 3.63) is 52.2 Å². The maximum atomic E-state index is 12.9. The first-order valence-corrected chi connectivity index (χ1v) is 12.8. The van der Waals surface area contributed by atoms with E-state index in [4.69, 9.17) is 9.97 Å². The van der Waals surface area contributed by atoms with Gasteiger partial charge in [0.05, 0.1) is 5.39 Å². The molecule has 2 atom stereocenters. The maximum absolute atomic E-state index is 12.9. The molecule has 1 aliphatic carbocycles. The maximum Gasteiger partial charge on any atom is 0.253 e. The first-order valence-electron chi connectivity index (χ1n) is 12.0. The van der Waals surface area contributed by atoms with Crippen LogP contribution in [0, 0.1) is 5.92 Å². The molecule has 1 fully saturated rings. The molecule has 5 nitrogen and oxygen atoms in total. The Kier molecular flexibility index (Phi) is 5.89. The summed E-state index contributed by atoms with van der Waals surface area (Å²) in [5.74, 6) is 3.28. The van der Waals surface area contributed by atoms with Gasteiger partial charge in [-0.05, 0) is 49.3 Å². The summed E-state index contributed by atoms with van der Waals surface area (Å²) in [5.41, 5.74) is 2.25. The van der Waals surface area contributed by atoms with Crippen LogP contribution in [0.5, 0.6) is 0 Å². The SMILES string of the molecule is CC[C@H](C)c1nc(N2CCN(C(=O)c3ccccc3)CC2)c2c3c(sc2n1)C[C@@H](C)CC3. The molecule has 168 valence electrons. The molecule has 0 bridgehead atoms. The number of hydrogen-bond acceptors (Lipinski definition) is 5. The molecule has 6 heteroatoms. The molecular weight excluding hydrogens is 416 g/mol. The first-order chi connectivity index (χ1) is 15.5. The van der Waals surface area contributed by atoms with Crippen LogP contribution in [0.3, 0.4) is 0 Å². The largest absolute Gasteiger partial charge is 0.352 e. The van der Waals surface area contributed by atoms with E-state index in [0.717, 1.165) is 73.4 Å². The zero-order valence-electron chi connectivity index (χ0n) is 19.3. The van der Waals surface area contributed by atoms with Crippen molar-refractivity contribution in [1.29, 1.82) is 0 Å². The number of aromatic nitrogens is 2. The minimum Gasteiger partial charge on any atom is -0.352 e. The molecule has 3 heterocycles. The van der Waals surface area contributed by atoms with Crippen LogP contribution in [0.15, 0.2) is 30.3 Å². The number of carbonyl (C=O) groups is 1. The van der Waals surface area contributed by atoms with Crippen molar-refractivity contribution in [2.75, 3.05) is 31.1 Å². The van der Waals surface area contributed by atoms with E-state index >= 15 is 0 Å². The van der Waals surface area contributed by atoms with E-state index < -0.39 is 0 Å². The minimum absolute atomic E-state index is 0.125. The number of thiophene rings is 1. The third-order valence-corrected chi connectivity index (χ3v) is 8.24. The van der Waals surface area contributed by atoms with Crippen molar-refractivity contribution in [3.8, 4) is 0 Å². The zero-order chi connectivity index (χ0) is 22.2. The third-order valence-electron chi connectivity index (χ3n) is 7.09. The molecule has 0 spiro atoms.